The predicted molar refractivity (Wildman–Crippen MR) is 108 cm³/mol. The highest BCUT2D eigenvalue weighted by molar-refractivity contribution is 6.31. The van der Waals surface area contributed by atoms with Crippen molar-refractivity contribution in [2.75, 3.05) is 13.6 Å². The van der Waals surface area contributed by atoms with Gasteiger partial charge in [0.1, 0.15) is 5.82 Å². The Kier molecular flexibility index (Phi) is 5.82. The second-order valence-electron chi connectivity index (χ2n) is 7.03. The molecule has 3 rings (SSSR count). The first-order valence-corrected chi connectivity index (χ1v) is 9.37. The molecule has 0 aliphatic carbocycles. The van der Waals surface area contributed by atoms with Crippen molar-refractivity contribution < 1.29 is 9.90 Å². The third-order valence-electron chi connectivity index (χ3n) is 4.94. The van der Waals surface area contributed by atoms with Crippen LogP contribution in [0.3, 0.4) is 0 Å². The van der Waals surface area contributed by atoms with Crippen molar-refractivity contribution in [3.05, 3.63) is 64.9 Å². The number of carbonyl (C=O) groups is 1. The number of aromatic nitrogens is 2. The molecular formula is C21H24ClN3O2. The number of carboxylic acids is 1. The van der Waals surface area contributed by atoms with Gasteiger partial charge in [-0.2, -0.15) is 0 Å². The van der Waals surface area contributed by atoms with Crippen LogP contribution in [0.15, 0.2) is 48.5 Å². The van der Waals surface area contributed by atoms with Crippen molar-refractivity contribution in [3.8, 4) is 0 Å². The van der Waals surface area contributed by atoms with Crippen LogP contribution < -0.4 is 0 Å². The molecule has 0 fully saturated rings. The van der Waals surface area contributed by atoms with Crippen LogP contribution in [-0.2, 0) is 11.3 Å². The first kappa shape index (κ1) is 19.4. The van der Waals surface area contributed by atoms with Crippen molar-refractivity contribution in [1.82, 2.24) is 14.5 Å². The van der Waals surface area contributed by atoms with Crippen LogP contribution >= 0.6 is 11.6 Å². The van der Waals surface area contributed by atoms with E-state index in [1.165, 1.54) is 5.56 Å². The van der Waals surface area contributed by atoms with Gasteiger partial charge in [0.05, 0.1) is 23.0 Å². The van der Waals surface area contributed by atoms with Crippen LogP contribution in [0.5, 0.6) is 0 Å². The summed E-state index contributed by atoms with van der Waals surface area (Å²) in [5, 5.41) is 9.87. The Balaban J connectivity index is 2.00. The van der Waals surface area contributed by atoms with Crippen LogP contribution in [0, 0.1) is 5.92 Å². The van der Waals surface area contributed by atoms with Gasteiger partial charge in [0, 0.05) is 18.1 Å². The summed E-state index contributed by atoms with van der Waals surface area (Å²) in [4.78, 5) is 18.1. The Hall–Kier alpha value is -2.37. The zero-order valence-electron chi connectivity index (χ0n) is 15.8. The quantitative estimate of drug-likeness (QED) is 0.652. The number of aliphatic carboxylic acids is 1. The van der Waals surface area contributed by atoms with Gasteiger partial charge in [0.2, 0.25) is 0 Å². The first-order valence-electron chi connectivity index (χ1n) is 8.99. The summed E-state index contributed by atoms with van der Waals surface area (Å²) < 4.78 is 2.19. The topological polar surface area (TPSA) is 58.4 Å². The molecule has 3 aromatic rings. The molecule has 27 heavy (non-hydrogen) atoms. The summed E-state index contributed by atoms with van der Waals surface area (Å²) in [7, 11) is 1.93. The van der Waals surface area contributed by atoms with E-state index >= 15 is 0 Å². The van der Waals surface area contributed by atoms with Crippen molar-refractivity contribution in [2.24, 2.45) is 5.92 Å². The second kappa shape index (κ2) is 8.11. The largest absolute Gasteiger partial charge is 0.481 e. The number of fused-ring (bicyclic) bond motifs is 1. The van der Waals surface area contributed by atoms with E-state index in [2.05, 4.69) is 23.6 Å². The van der Waals surface area contributed by atoms with Gasteiger partial charge in [-0.15, -0.1) is 0 Å². The monoisotopic (exact) mass is 385 g/mol. The Bertz CT molecular complexity index is 939. The number of imidazole rings is 1. The number of carboxylic acid groups (broad SMARTS) is 1. The Morgan fingerprint density at radius 3 is 2.59 bits per heavy atom. The number of benzene rings is 2. The van der Waals surface area contributed by atoms with Crippen molar-refractivity contribution in [2.45, 2.75) is 26.4 Å². The van der Waals surface area contributed by atoms with E-state index in [0.29, 0.717) is 18.1 Å². The number of rotatable bonds is 7. The van der Waals surface area contributed by atoms with Gasteiger partial charge in [-0.1, -0.05) is 48.9 Å². The number of hydrogen-bond donors (Lipinski definition) is 1. The molecule has 6 heteroatoms. The maximum absolute atomic E-state index is 11.2. The highest BCUT2D eigenvalue weighted by Crippen LogP contribution is 2.27. The minimum Gasteiger partial charge on any atom is -0.481 e. The summed E-state index contributed by atoms with van der Waals surface area (Å²) >= 11 is 6.16. The van der Waals surface area contributed by atoms with E-state index in [4.69, 9.17) is 16.6 Å². The molecule has 2 atom stereocenters. The van der Waals surface area contributed by atoms with Gasteiger partial charge in [0.25, 0.3) is 0 Å². The van der Waals surface area contributed by atoms with Gasteiger partial charge in [-0.3, -0.25) is 9.69 Å². The van der Waals surface area contributed by atoms with Gasteiger partial charge in [0.15, 0.2) is 0 Å². The van der Waals surface area contributed by atoms with E-state index in [0.717, 1.165) is 16.9 Å². The maximum Gasteiger partial charge on any atom is 0.307 e. The average molecular weight is 386 g/mol. The summed E-state index contributed by atoms with van der Waals surface area (Å²) in [5.74, 6) is -0.339. The molecule has 1 heterocycles. The molecule has 0 amide bonds. The molecule has 2 aromatic carbocycles. The lowest BCUT2D eigenvalue weighted by Crippen LogP contribution is -2.32. The molecule has 0 aliphatic heterocycles. The summed E-state index contributed by atoms with van der Waals surface area (Å²) in [6.07, 6.45) is 0. The molecule has 0 saturated carbocycles. The van der Waals surface area contributed by atoms with Gasteiger partial charge < -0.3 is 9.67 Å². The van der Waals surface area contributed by atoms with Gasteiger partial charge in [-0.05, 0) is 37.7 Å². The molecule has 0 aliphatic rings. The predicted octanol–water partition coefficient (Wildman–Crippen LogP) is 4.45. The smallest absolute Gasteiger partial charge is 0.307 e. The van der Waals surface area contributed by atoms with E-state index in [1.54, 1.807) is 6.92 Å². The number of halogens is 1. The van der Waals surface area contributed by atoms with Crippen LogP contribution in [-0.4, -0.2) is 39.1 Å². The van der Waals surface area contributed by atoms with Gasteiger partial charge >= 0.3 is 5.97 Å². The summed E-state index contributed by atoms with van der Waals surface area (Å²) in [6, 6.07) is 15.9. The normalized spacial score (nSPS) is 13.8. The van der Waals surface area contributed by atoms with E-state index < -0.39 is 11.9 Å². The third kappa shape index (κ3) is 4.31. The molecule has 0 saturated heterocycles. The minimum atomic E-state index is -0.793. The zero-order valence-corrected chi connectivity index (χ0v) is 16.5. The summed E-state index contributed by atoms with van der Waals surface area (Å²) in [5.41, 5.74) is 3.05. The Morgan fingerprint density at radius 2 is 1.93 bits per heavy atom. The highest BCUT2D eigenvalue weighted by Gasteiger charge is 2.23. The van der Waals surface area contributed by atoms with Crippen molar-refractivity contribution in [3.63, 3.8) is 0 Å². The molecule has 5 nitrogen and oxygen atoms in total. The molecule has 1 N–H and O–H groups in total. The minimum absolute atomic E-state index is 0.0401. The number of nitrogens with zero attached hydrogens (tertiary/aromatic N) is 3. The molecule has 0 spiro atoms. The SMILES string of the molecule is CC(CN(C)C(C)c1nc2cc(Cl)ccc2n1Cc1ccccc1)C(=O)O. The molecular weight excluding hydrogens is 362 g/mol. The fourth-order valence-electron chi connectivity index (χ4n) is 3.24. The fourth-order valence-corrected chi connectivity index (χ4v) is 3.40. The third-order valence-corrected chi connectivity index (χ3v) is 5.18. The first-order chi connectivity index (χ1) is 12.9. The Morgan fingerprint density at radius 1 is 1.22 bits per heavy atom. The lowest BCUT2D eigenvalue weighted by molar-refractivity contribution is -0.141. The Labute approximate surface area is 164 Å². The summed E-state index contributed by atoms with van der Waals surface area (Å²) in [6.45, 7) is 4.92. The molecule has 142 valence electrons. The number of hydrogen-bond acceptors (Lipinski definition) is 3. The van der Waals surface area contributed by atoms with E-state index in [1.807, 2.05) is 48.3 Å². The van der Waals surface area contributed by atoms with Crippen LogP contribution in [0.2, 0.25) is 5.02 Å². The molecule has 0 radical (unpaired) electrons. The lowest BCUT2D eigenvalue weighted by Gasteiger charge is -2.26. The molecule has 1 aromatic heterocycles. The second-order valence-corrected chi connectivity index (χ2v) is 7.47. The van der Waals surface area contributed by atoms with Crippen LogP contribution in [0.4, 0.5) is 0 Å². The standard InChI is InChI=1S/C21H24ClN3O2/c1-14(21(26)27)12-24(3)15(2)20-23-18-11-17(22)9-10-19(18)25(20)13-16-7-5-4-6-8-16/h4-11,14-15H,12-13H2,1-3H3,(H,26,27). The molecule has 0 bridgehead atoms. The van der Waals surface area contributed by atoms with E-state index in [9.17, 15) is 9.90 Å². The van der Waals surface area contributed by atoms with Gasteiger partial charge in [-0.25, -0.2) is 4.98 Å². The van der Waals surface area contributed by atoms with Crippen molar-refractivity contribution in [1.29, 1.82) is 0 Å². The van der Waals surface area contributed by atoms with E-state index in [-0.39, 0.29) is 6.04 Å². The zero-order chi connectivity index (χ0) is 19.6. The average Bonchev–Trinajstić information content (AvgIpc) is 2.99. The van der Waals surface area contributed by atoms with Crippen molar-refractivity contribution >= 4 is 28.6 Å². The maximum atomic E-state index is 11.2. The lowest BCUT2D eigenvalue weighted by atomic mass is 10.1. The molecule has 2 unspecified atom stereocenters. The van der Waals surface area contributed by atoms with Crippen LogP contribution in [0.1, 0.15) is 31.3 Å². The fraction of sp³-hybridized carbons (Fsp3) is 0.333. The highest BCUT2D eigenvalue weighted by atomic mass is 35.5. The van der Waals surface area contributed by atoms with Crippen LogP contribution in [0.25, 0.3) is 11.0 Å².